The highest BCUT2D eigenvalue weighted by molar-refractivity contribution is 7.84. The average Bonchev–Trinajstić information content (AvgIpc) is 2.77. The van der Waals surface area contributed by atoms with E-state index >= 15 is 0 Å². The van der Waals surface area contributed by atoms with Crippen molar-refractivity contribution in [2.75, 3.05) is 24.7 Å². The van der Waals surface area contributed by atoms with Crippen molar-refractivity contribution in [3.8, 4) is 0 Å². The highest BCUT2D eigenvalue weighted by atomic mass is 32.2. The lowest BCUT2D eigenvalue weighted by Gasteiger charge is -2.38. The van der Waals surface area contributed by atoms with Crippen molar-refractivity contribution < 1.29 is 8.95 Å². The van der Waals surface area contributed by atoms with E-state index in [1.165, 1.54) is 25.7 Å². The van der Waals surface area contributed by atoms with Gasteiger partial charge in [0, 0.05) is 41.5 Å². The van der Waals surface area contributed by atoms with Crippen molar-refractivity contribution >= 4 is 10.8 Å². The van der Waals surface area contributed by atoms with Gasteiger partial charge in [-0.3, -0.25) is 4.21 Å². The maximum atomic E-state index is 11.3. The third kappa shape index (κ3) is 3.76. The molecule has 0 aromatic carbocycles. The minimum absolute atomic E-state index is 0.194. The highest BCUT2D eigenvalue weighted by Crippen LogP contribution is 2.39. The minimum atomic E-state index is -0.635. The molecule has 17 heavy (non-hydrogen) atoms. The van der Waals surface area contributed by atoms with Crippen LogP contribution in [0.25, 0.3) is 0 Å². The van der Waals surface area contributed by atoms with Crippen LogP contribution in [0.5, 0.6) is 0 Å². The third-order valence-corrected chi connectivity index (χ3v) is 5.40. The Hall–Kier alpha value is 0.0700. The summed E-state index contributed by atoms with van der Waals surface area (Å²) < 4.78 is 17.4. The van der Waals surface area contributed by atoms with Crippen molar-refractivity contribution in [2.24, 2.45) is 0 Å². The van der Waals surface area contributed by atoms with Gasteiger partial charge in [-0.15, -0.1) is 0 Å². The van der Waals surface area contributed by atoms with Gasteiger partial charge in [0.15, 0.2) is 0 Å². The summed E-state index contributed by atoms with van der Waals surface area (Å²) in [6.45, 7) is 3.77. The van der Waals surface area contributed by atoms with E-state index in [1.807, 2.05) is 6.92 Å². The van der Waals surface area contributed by atoms with E-state index in [4.69, 9.17) is 4.74 Å². The number of hydrogen-bond acceptors (Lipinski definition) is 3. The van der Waals surface area contributed by atoms with Crippen LogP contribution in [-0.2, 0) is 15.5 Å². The van der Waals surface area contributed by atoms with Gasteiger partial charge in [-0.2, -0.15) is 0 Å². The van der Waals surface area contributed by atoms with E-state index in [1.54, 1.807) is 0 Å². The van der Waals surface area contributed by atoms with Gasteiger partial charge in [-0.05, 0) is 25.7 Å². The molecule has 0 radical (unpaired) electrons. The van der Waals surface area contributed by atoms with E-state index in [9.17, 15) is 4.21 Å². The van der Waals surface area contributed by atoms with Crippen molar-refractivity contribution in [2.45, 2.75) is 57.1 Å². The molecule has 2 atom stereocenters. The molecule has 0 aromatic rings. The molecule has 2 unspecified atom stereocenters. The molecule has 1 saturated carbocycles. The van der Waals surface area contributed by atoms with Gasteiger partial charge < -0.3 is 10.1 Å². The highest BCUT2D eigenvalue weighted by Gasteiger charge is 2.39. The largest absolute Gasteiger partial charge is 0.375 e. The summed E-state index contributed by atoms with van der Waals surface area (Å²) in [5, 5.41) is 3.56. The summed E-state index contributed by atoms with van der Waals surface area (Å²) in [5.41, 5.74) is 0.194. The molecule has 100 valence electrons. The van der Waals surface area contributed by atoms with E-state index in [2.05, 4.69) is 5.32 Å². The quantitative estimate of drug-likeness (QED) is 0.819. The van der Waals surface area contributed by atoms with Gasteiger partial charge in [0.1, 0.15) is 0 Å². The average molecular weight is 259 g/mol. The lowest BCUT2D eigenvalue weighted by molar-refractivity contribution is -0.0833. The fraction of sp³-hybridized carbons (Fsp3) is 1.00. The molecule has 0 aromatic heterocycles. The first kappa shape index (κ1) is 13.5. The number of ether oxygens (including phenoxy) is 1. The van der Waals surface area contributed by atoms with E-state index in [0.29, 0.717) is 6.04 Å². The van der Waals surface area contributed by atoms with Gasteiger partial charge in [0.2, 0.25) is 0 Å². The molecule has 1 aliphatic heterocycles. The zero-order valence-corrected chi connectivity index (χ0v) is 11.7. The molecule has 1 aliphatic carbocycles. The van der Waals surface area contributed by atoms with Crippen LogP contribution < -0.4 is 5.32 Å². The lowest BCUT2D eigenvalue weighted by atomic mass is 9.89. The summed E-state index contributed by atoms with van der Waals surface area (Å²) in [6, 6.07) is 0.579. The maximum absolute atomic E-state index is 11.3. The predicted molar refractivity (Wildman–Crippen MR) is 71.7 cm³/mol. The van der Waals surface area contributed by atoms with Crippen LogP contribution in [0.15, 0.2) is 0 Å². The van der Waals surface area contributed by atoms with Gasteiger partial charge in [-0.1, -0.05) is 19.8 Å². The first-order valence-electron chi connectivity index (χ1n) is 6.96. The fourth-order valence-corrected chi connectivity index (χ4v) is 3.73. The first-order chi connectivity index (χ1) is 8.24. The lowest BCUT2D eigenvalue weighted by Crippen LogP contribution is -2.46. The number of nitrogens with one attached hydrogen (secondary N) is 1. The monoisotopic (exact) mass is 259 g/mol. The molecule has 0 bridgehead atoms. The summed E-state index contributed by atoms with van der Waals surface area (Å²) in [4.78, 5) is 0. The Morgan fingerprint density at radius 2 is 2.18 bits per heavy atom. The van der Waals surface area contributed by atoms with Crippen LogP contribution >= 0.6 is 0 Å². The zero-order chi connectivity index (χ0) is 12.1. The van der Waals surface area contributed by atoms with Crippen molar-refractivity contribution in [3.63, 3.8) is 0 Å². The Morgan fingerprint density at radius 3 is 2.88 bits per heavy atom. The van der Waals surface area contributed by atoms with Gasteiger partial charge in [0.05, 0.1) is 5.60 Å². The smallest absolute Gasteiger partial charge is 0.0697 e. The van der Waals surface area contributed by atoms with Crippen molar-refractivity contribution in [1.29, 1.82) is 0 Å². The van der Waals surface area contributed by atoms with E-state index < -0.39 is 10.8 Å². The van der Waals surface area contributed by atoms with Crippen LogP contribution in [0.2, 0.25) is 0 Å². The molecular weight excluding hydrogens is 234 g/mol. The molecule has 2 aliphatic rings. The molecular formula is C13H25NO2S. The molecule has 4 heteroatoms. The molecule has 2 fully saturated rings. The number of rotatable bonds is 5. The predicted octanol–water partition coefficient (Wildman–Crippen LogP) is 1.84. The number of hydrogen-bond donors (Lipinski definition) is 1. The maximum Gasteiger partial charge on any atom is 0.0697 e. The molecule has 0 amide bonds. The van der Waals surface area contributed by atoms with Gasteiger partial charge in [-0.25, -0.2) is 0 Å². The fourth-order valence-electron chi connectivity index (χ4n) is 3.09. The molecule has 1 N–H and O–H groups in total. The molecule has 3 nitrogen and oxygen atoms in total. The van der Waals surface area contributed by atoms with Crippen LogP contribution in [0.4, 0.5) is 0 Å². The first-order valence-corrected chi connectivity index (χ1v) is 8.45. The topological polar surface area (TPSA) is 38.3 Å². The summed E-state index contributed by atoms with van der Waals surface area (Å²) >= 11 is 0. The Morgan fingerprint density at radius 1 is 1.41 bits per heavy atom. The van der Waals surface area contributed by atoms with Gasteiger partial charge in [0.25, 0.3) is 0 Å². The van der Waals surface area contributed by atoms with Crippen LogP contribution in [0, 0.1) is 0 Å². The second-order valence-electron chi connectivity index (χ2n) is 5.32. The molecule has 1 saturated heterocycles. The second kappa shape index (κ2) is 6.30. The second-order valence-corrected chi connectivity index (χ2v) is 7.18. The van der Waals surface area contributed by atoms with Gasteiger partial charge >= 0.3 is 0 Å². The summed E-state index contributed by atoms with van der Waals surface area (Å²) in [7, 11) is -0.635. The van der Waals surface area contributed by atoms with Crippen LogP contribution in [-0.4, -0.2) is 40.5 Å². The normalized spacial score (nSPS) is 29.6. The molecule has 2 rings (SSSR count). The Balaban J connectivity index is 1.72. The van der Waals surface area contributed by atoms with Crippen molar-refractivity contribution in [3.05, 3.63) is 0 Å². The van der Waals surface area contributed by atoms with E-state index in [-0.39, 0.29) is 5.60 Å². The van der Waals surface area contributed by atoms with Crippen molar-refractivity contribution in [1.82, 2.24) is 5.32 Å². The summed E-state index contributed by atoms with van der Waals surface area (Å²) in [5.74, 6) is 1.57. The molecule has 1 heterocycles. The standard InChI is InChI=1S/C13H25NO2S/c1-2-17(15)10-8-14-12-5-9-16-13(11-12)6-3-4-7-13/h12,14H,2-11H2,1H3. The molecule has 1 spiro atoms. The summed E-state index contributed by atoms with van der Waals surface area (Å²) in [6.07, 6.45) is 7.41. The Kier molecular flexibility index (Phi) is 5.00. The van der Waals surface area contributed by atoms with E-state index in [0.717, 1.165) is 37.5 Å². The van der Waals surface area contributed by atoms with Crippen LogP contribution in [0.3, 0.4) is 0 Å². The minimum Gasteiger partial charge on any atom is -0.375 e. The zero-order valence-electron chi connectivity index (χ0n) is 10.9. The Bertz CT molecular complexity index is 264. The SMILES string of the molecule is CCS(=O)CCNC1CCOC2(CCCC2)C1. The van der Waals surface area contributed by atoms with Crippen LogP contribution in [0.1, 0.15) is 45.4 Å². The Labute approximate surface area is 107 Å². The third-order valence-electron chi connectivity index (χ3n) is 4.09.